The first kappa shape index (κ1) is 10.6. The van der Waals surface area contributed by atoms with E-state index in [9.17, 15) is 4.79 Å². The first-order valence-corrected chi connectivity index (χ1v) is 5.88. The van der Waals surface area contributed by atoms with Crippen molar-refractivity contribution in [2.45, 2.75) is 0 Å². The second kappa shape index (κ2) is 3.94. The van der Waals surface area contributed by atoms with Crippen LogP contribution in [-0.4, -0.2) is 25.6 Å². The molecule has 0 aliphatic carbocycles. The molecule has 0 unspecified atom stereocenters. The molecule has 0 fully saturated rings. The first-order chi connectivity index (χ1) is 7.11. The predicted octanol–water partition coefficient (Wildman–Crippen LogP) is 1.84. The Morgan fingerprint density at radius 1 is 1.60 bits per heavy atom. The van der Waals surface area contributed by atoms with Crippen LogP contribution in [0.25, 0.3) is 10.2 Å². The van der Waals surface area contributed by atoms with Gasteiger partial charge in [-0.05, 0) is 28.1 Å². The Morgan fingerprint density at radius 2 is 2.33 bits per heavy atom. The minimum absolute atomic E-state index is 0.00306. The Morgan fingerprint density at radius 3 is 2.93 bits per heavy atom. The van der Waals surface area contributed by atoms with Crippen molar-refractivity contribution in [1.82, 2.24) is 4.98 Å². The van der Waals surface area contributed by atoms with Gasteiger partial charge in [-0.15, -0.1) is 11.3 Å². The van der Waals surface area contributed by atoms with Gasteiger partial charge in [0.1, 0.15) is 11.4 Å². The van der Waals surface area contributed by atoms with Crippen molar-refractivity contribution in [3.63, 3.8) is 0 Å². The van der Waals surface area contributed by atoms with Crippen molar-refractivity contribution in [2.75, 3.05) is 7.11 Å². The fraction of sp³-hybridized carbons (Fsp3) is 0.111. The summed E-state index contributed by atoms with van der Waals surface area (Å²) < 4.78 is 6.86. The highest BCUT2D eigenvalue weighted by Gasteiger charge is 2.12. The minimum atomic E-state index is -0.00306. The molecule has 0 aliphatic rings. The summed E-state index contributed by atoms with van der Waals surface area (Å²) in [6.45, 7) is 0. The van der Waals surface area contributed by atoms with E-state index in [4.69, 9.17) is 4.74 Å². The van der Waals surface area contributed by atoms with Gasteiger partial charge in [0, 0.05) is 5.56 Å². The van der Waals surface area contributed by atoms with E-state index >= 15 is 0 Å². The molecule has 2 rings (SSSR count). The van der Waals surface area contributed by atoms with Gasteiger partial charge >= 0.3 is 0 Å². The number of methoxy groups -OCH3 is 1. The maximum Gasteiger partial charge on any atom is 0.193 e. The third kappa shape index (κ3) is 1.91. The van der Waals surface area contributed by atoms with E-state index in [-0.39, 0.29) is 5.68 Å². The molecule has 76 valence electrons. The predicted molar refractivity (Wildman–Crippen MR) is 66.7 cm³/mol. The van der Waals surface area contributed by atoms with Gasteiger partial charge in [0.25, 0.3) is 0 Å². The summed E-state index contributed by atoms with van der Waals surface area (Å²) in [5, 5.41) is 0. The van der Waals surface area contributed by atoms with Crippen molar-refractivity contribution < 1.29 is 9.53 Å². The topological polar surface area (TPSA) is 39.2 Å². The standard InChI is InChI=1S/C9H7BBrNO2S/c1-14-4-2-5(8(10)13)7-6(3-4)15-9(11)12-7/h2-3H,10H2,1H3. The lowest BCUT2D eigenvalue weighted by Gasteiger charge is -2.02. The largest absolute Gasteiger partial charge is 0.497 e. The highest BCUT2D eigenvalue weighted by atomic mass is 79.9. The van der Waals surface area contributed by atoms with Crippen molar-refractivity contribution in [3.05, 3.63) is 21.6 Å². The zero-order valence-corrected chi connectivity index (χ0v) is 10.6. The highest BCUT2D eigenvalue weighted by Crippen LogP contribution is 2.32. The molecule has 0 saturated carbocycles. The summed E-state index contributed by atoms with van der Waals surface area (Å²) in [5.41, 5.74) is 1.34. The third-order valence-corrected chi connectivity index (χ3v) is 3.51. The van der Waals surface area contributed by atoms with Gasteiger partial charge in [-0.3, -0.25) is 0 Å². The lowest BCUT2D eigenvalue weighted by Crippen LogP contribution is -1.99. The summed E-state index contributed by atoms with van der Waals surface area (Å²) in [6.07, 6.45) is 0. The van der Waals surface area contributed by atoms with Gasteiger partial charge in [0.05, 0.1) is 17.3 Å². The van der Waals surface area contributed by atoms with E-state index in [0.717, 1.165) is 14.1 Å². The zero-order valence-electron chi connectivity index (χ0n) is 8.20. The van der Waals surface area contributed by atoms with Crippen LogP contribution < -0.4 is 4.74 Å². The molecule has 6 heteroatoms. The second-order valence-electron chi connectivity index (χ2n) is 3.04. The molecule has 0 spiro atoms. The first-order valence-electron chi connectivity index (χ1n) is 4.27. The van der Waals surface area contributed by atoms with E-state index < -0.39 is 0 Å². The smallest absolute Gasteiger partial charge is 0.193 e. The molecule has 0 bridgehead atoms. The number of aromatic nitrogens is 1. The summed E-state index contributed by atoms with van der Waals surface area (Å²) in [4.78, 5) is 15.7. The van der Waals surface area contributed by atoms with E-state index in [1.165, 1.54) is 19.2 Å². The van der Waals surface area contributed by atoms with Gasteiger partial charge < -0.3 is 9.53 Å². The van der Waals surface area contributed by atoms with Crippen LogP contribution in [0.1, 0.15) is 10.4 Å². The Kier molecular flexibility index (Phi) is 2.80. The average Bonchev–Trinajstić information content (AvgIpc) is 2.55. The molecule has 0 amide bonds. The molecule has 0 N–H and O–H groups in total. The lowest BCUT2D eigenvalue weighted by molar-refractivity contribution is 0.108. The maximum absolute atomic E-state index is 11.4. The molecule has 1 aromatic carbocycles. The van der Waals surface area contributed by atoms with Crippen molar-refractivity contribution in [3.8, 4) is 5.75 Å². The number of carbonyl (C=O) groups is 1. The van der Waals surface area contributed by atoms with Crippen molar-refractivity contribution in [2.24, 2.45) is 0 Å². The van der Waals surface area contributed by atoms with Crippen molar-refractivity contribution >= 4 is 51.0 Å². The quantitative estimate of drug-likeness (QED) is 0.790. The monoisotopic (exact) mass is 283 g/mol. The average molecular weight is 284 g/mol. The van der Waals surface area contributed by atoms with Crippen LogP contribution in [0.2, 0.25) is 0 Å². The van der Waals surface area contributed by atoms with Crippen LogP contribution >= 0.6 is 27.3 Å². The van der Waals surface area contributed by atoms with Gasteiger partial charge in [0.15, 0.2) is 11.8 Å². The fourth-order valence-electron chi connectivity index (χ4n) is 1.36. The number of halogens is 1. The molecule has 0 saturated heterocycles. The lowest BCUT2D eigenvalue weighted by atomic mass is 9.94. The van der Waals surface area contributed by atoms with E-state index in [2.05, 4.69) is 20.9 Å². The van der Waals surface area contributed by atoms with Crippen LogP contribution in [0.3, 0.4) is 0 Å². The molecular formula is C9H7BBrNO2S. The molecular weight excluding hydrogens is 277 g/mol. The molecule has 15 heavy (non-hydrogen) atoms. The molecule has 0 atom stereocenters. The van der Waals surface area contributed by atoms with E-state index in [1.54, 1.807) is 13.2 Å². The highest BCUT2D eigenvalue weighted by molar-refractivity contribution is 9.11. The number of carbonyl (C=O) groups excluding carboxylic acids is 1. The Hall–Kier alpha value is -0.875. The van der Waals surface area contributed by atoms with Crippen LogP contribution in [0.5, 0.6) is 5.75 Å². The number of rotatable bonds is 2. The van der Waals surface area contributed by atoms with Gasteiger partial charge in [-0.25, -0.2) is 4.98 Å². The molecule has 2 aromatic rings. The second-order valence-corrected chi connectivity index (χ2v) is 5.35. The summed E-state index contributed by atoms with van der Waals surface area (Å²) in [7, 11) is 3.11. The number of hydrogen-bond acceptors (Lipinski definition) is 4. The van der Waals surface area contributed by atoms with E-state index in [0.29, 0.717) is 11.3 Å². The third-order valence-electron chi connectivity index (χ3n) is 2.06. The van der Waals surface area contributed by atoms with Crippen LogP contribution in [-0.2, 0) is 0 Å². The van der Waals surface area contributed by atoms with Gasteiger partial charge in [0.2, 0.25) is 0 Å². The van der Waals surface area contributed by atoms with E-state index in [1.807, 2.05) is 6.07 Å². The zero-order chi connectivity index (χ0) is 11.0. The van der Waals surface area contributed by atoms with Gasteiger partial charge in [-0.1, -0.05) is 0 Å². The number of fused-ring (bicyclic) bond motifs is 1. The Balaban J connectivity index is 2.79. The number of nitrogens with zero attached hydrogens (tertiary/aromatic N) is 1. The molecule has 0 radical (unpaired) electrons. The van der Waals surface area contributed by atoms with Crippen LogP contribution in [0.15, 0.2) is 16.0 Å². The molecule has 1 heterocycles. The molecule has 0 aliphatic heterocycles. The SMILES string of the molecule is BC(=O)c1cc(OC)cc2sc(Br)nc12. The normalized spacial score (nSPS) is 10.5. The fourth-order valence-corrected chi connectivity index (χ4v) is 2.81. The van der Waals surface area contributed by atoms with Crippen LogP contribution in [0.4, 0.5) is 0 Å². The molecule has 3 nitrogen and oxygen atoms in total. The summed E-state index contributed by atoms with van der Waals surface area (Å²) in [6, 6.07) is 3.60. The number of hydrogen-bond donors (Lipinski definition) is 0. The summed E-state index contributed by atoms with van der Waals surface area (Å²) >= 11 is 4.80. The van der Waals surface area contributed by atoms with Crippen molar-refractivity contribution in [1.29, 1.82) is 0 Å². The number of thiazole rings is 1. The minimum Gasteiger partial charge on any atom is -0.497 e. The Labute approximate surface area is 100.0 Å². The maximum atomic E-state index is 11.4. The number of ether oxygens (including phenoxy) is 1. The van der Waals surface area contributed by atoms with Crippen LogP contribution in [0, 0.1) is 0 Å². The molecule has 1 aromatic heterocycles. The van der Waals surface area contributed by atoms with Gasteiger partial charge in [-0.2, -0.15) is 0 Å². The number of benzene rings is 1. The Bertz CT molecular complexity index is 540. The summed E-state index contributed by atoms with van der Waals surface area (Å²) in [5.74, 6) is 0.684.